The molecule has 1 aliphatic rings. The SMILES string of the molecule is CN1CCC[C@H]1c1cc2cnccc2o1.Cl.Cl. The third-order valence-corrected chi connectivity index (χ3v) is 3.18. The van der Waals surface area contributed by atoms with Crippen molar-refractivity contribution in [3.63, 3.8) is 0 Å². The van der Waals surface area contributed by atoms with Crippen LogP contribution in [0.5, 0.6) is 0 Å². The second kappa shape index (κ2) is 5.71. The van der Waals surface area contributed by atoms with Crippen molar-refractivity contribution in [1.82, 2.24) is 9.88 Å². The highest BCUT2D eigenvalue weighted by atomic mass is 35.5. The Bertz CT molecular complexity index is 453. The first-order chi connectivity index (χ1) is 7.34. The van der Waals surface area contributed by atoms with Gasteiger partial charge in [-0.15, -0.1) is 24.8 Å². The van der Waals surface area contributed by atoms with Gasteiger partial charge in [0, 0.05) is 17.8 Å². The minimum Gasteiger partial charge on any atom is -0.459 e. The Labute approximate surface area is 113 Å². The zero-order valence-electron chi connectivity index (χ0n) is 9.63. The molecule has 1 saturated heterocycles. The molecule has 2 aromatic heterocycles. The highest BCUT2D eigenvalue weighted by molar-refractivity contribution is 5.85. The van der Waals surface area contributed by atoms with E-state index < -0.39 is 0 Å². The van der Waals surface area contributed by atoms with Crippen LogP contribution in [0.15, 0.2) is 28.9 Å². The fraction of sp³-hybridized carbons (Fsp3) is 0.417. The molecule has 0 saturated carbocycles. The number of hydrogen-bond acceptors (Lipinski definition) is 3. The van der Waals surface area contributed by atoms with Crippen LogP contribution in [0.3, 0.4) is 0 Å². The molecule has 0 radical (unpaired) electrons. The molecule has 0 unspecified atom stereocenters. The van der Waals surface area contributed by atoms with Crippen molar-refractivity contribution in [2.45, 2.75) is 18.9 Å². The molecule has 0 amide bonds. The van der Waals surface area contributed by atoms with E-state index >= 15 is 0 Å². The van der Waals surface area contributed by atoms with Crippen LogP contribution in [-0.2, 0) is 0 Å². The summed E-state index contributed by atoms with van der Waals surface area (Å²) in [6.07, 6.45) is 6.09. The van der Waals surface area contributed by atoms with Gasteiger partial charge in [-0.3, -0.25) is 9.88 Å². The Morgan fingerprint density at radius 3 is 2.88 bits per heavy atom. The number of aromatic nitrogens is 1. The van der Waals surface area contributed by atoms with Crippen LogP contribution in [0.1, 0.15) is 24.6 Å². The molecule has 0 aromatic carbocycles. The molecule has 5 heteroatoms. The van der Waals surface area contributed by atoms with Gasteiger partial charge in [0.15, 0.2) is 0 Å². The van der Waals surface area contributed by atoms with E-state index in [2.05, 4.69) is 23.0 Å². The van der Waals surface area contributed by atoms with Crippen LogP contribution in [0.2, 0.25) is 0 Å². The normalized spacial score (nSPS) is 19.9. The number of nitrogens with zero attached hydrogens (tertiary/aromatic N) is 2. The maximum atomic E-state index is 5.84. The van der Waals surface area contributed by atoms with E-state index in [4.69, 9.17) is 4.42 Å². The molecule has 1 atom stereocenters. The number of hydrogen-bond donors (Lipinski definition) is 0. The number of fused-ring (bicyclic) bond motifs is 1. The maximum absolute atomic E-state index is 5.84. The van der Waals surface area contributed by atoms with Gasteiger partial charge in [-0.05, 0) is 38.6 Å². The maximum Gasteiger partial charge on any atom is 0.137 e. The number of likely N-dealkylation sites (tertiary alicyclic amines) is 1. The molecule has 3 rings (SSSR count). The highest BCUT2D eigenvalue weighted by Crippen LogP contribution is 2.33. The predicted molar refractivity (Wildman–Crippen MR) is 73.1 cm³/mol. The Balaban J connectivity index is 0.000000722. The summed E-state index contributed by atoms with van der Waals surface area (Å²) in [7, 11) is 2.16. The van der Waals surface area contributed by atoms with Crippen molar-refractivity contribution < 1.29 is 4.42 Å². The quantitative estimate of drug-likeness (QED) is 0.798. The third kappa shape index (κ3) is 2.57. The minimum absolute atomic E-state index is 0. The molecule has 94 valence electrons. The monoisotopic (exact) mass is 274 g/mol. The van der Waals surface area contributed by atoms with Gasteiger partial charge in [-0.1, -0.05) is 0 Å². The van der Waals surface area contributed by atoms with E-state index in [0.29, 0.717) is 6.04 Å². The summed E-state index contributed by atoms with van der Waals surface area (Å²) in [5.41, 5.74) is 0.945. The lowest BCUT2D eigenvalue weighted by atomic mass is 10.1. The zero-order valence-corrected chi connectivity index (χ0v) is 11.3. The van der Waals surface area contributed by atoms with Crippen LogP contribution < -0.4 is 0 Å². The van der Waals surface area contributed by atoms with E-state index in [-0.39, 0.29) is 24.8 Å². The molecule has 0 bridgehead atoms. The van der Waals surface area contributed by atoms with Gasteiger partial charge in [-0.25, -0.2) is 0 Å². The Morgan fingerprint density at radius 1 is 1.41 bits per heavy atom. The van der Waals surface area contributed by atoms with E-state index in [9.17, 15) is 0 Å². The molecule has 17 heavy (non-hydrogen) atoms. The molecular formula is C12H16Cl2N2O. The lowest BCUT2D eigenvalue weighted by Gasteiger charge is -2.16. The molecule has 3 heterocycles. The second-order valence-corrected chi connectivity index (χ2v) is 4.20. The number of halogens is 2. The Morgan fingerprint density at radius 2 is 2.24 bits per heavy atom. The van der Waals surface area contributed by atoms with Gasteiger partial charge in [0.1, 0.15) is 11.3 Å². The fourth-order valence-corrected chi connectivity index (χ4v) is 2.34. The van der Waals surface area contributed by atoms with Gasteiger partial charge in [0.25, 0.3) is 0 Å². The average molecular weight is 275 g/mol. The molecule has 3 nitrogen and oxygen atoms in total. The number of pyridine rings is 1. The van der Waals surface area contributed by atoms with Crippen LogP contribution in [-0.4, -0.2) is 23.5 Å². The van der Waals surface area contributed by atoms with E-state index in [1.165, 1.54) is 19.4 Å². The van der Waals surface area contributed by atoms with Gasteiger partial charge < -0.3 is 4.42 Å². The molecular weight excluding hydrogens is 259 g/mol. The standard InChI is InChI=1S/C12H14N2O.2ClH/c1-14-6-2-3-10(14)12-7-9-8-13-5-4-11(9)15-12;;/h4-5,7-8,10H,2-3,6H2,1H3;2*1H/t10-;;/m0../s1. The molecule has 0 N–H and O–H groups in total. The first-order valence-corrected chi connectivity index (χ1v) is 5.38. The summed E-state index contributed by atoms with van der Waals surface area (Å²) < 4.78 is 5.84. The van der Waals surface area contributed by atoms with Crippen molar-refractivity contribution in [2.75, 3.05) is 13.6 Å². The highest BCUT2D eigenvalue weighted by Gasteiger charge is 2.25. The summed E-state index contributed by atoms with van der Waals surface area (Å²) in [6.45, 7) is 1.17. The van der Waals surface area contributed by atoms with Gasteiger partial charge >= 0.3 is 0 Å². The third-order valence-electron chi connectivity index (χ3n) is 3.18. The summed E-state index contributed by atoms with van der Waals surface area (Å²) in [5, 5.41) is 1.10. The van der Waals surface area contributed by atoms with Crippen molar-refractivity contribution in [1.29, 1.82) is 0 Å². The lowest BCUT2D eigenvalue weighted by molar-refractivity contribution is 0.281. The zero-order chi connectivity index (χ0) is 10.3. The summed E-state index contributed by atoms with van der Waals surface area (Å²) >= 11 is 0. The minimum atomic E-state index is 0. The van der Waals surface area contributed by atoms with Gasteiger partial charge in [-0.2, -0.15) is 0 Å². The van der Waals surface area contributed by atoms with Crippen molar-refractivity contribution in [3.05, 3.63) is 30.3 Å². The molecule has 2 aromatic rings. The Hall–Kier alpha value is -0.770. The summed E-state index contributed by atoms with van der Waals surface area (Å²) in [4.78, 5) is 6.45. The lowest BCUT2D eigenvalue weighted by Crippen LogP contribution is -2.16. The van der Waals surface area contributed by atoms with Crippen LogP contribution in [0.25, 0.3) is 11.0 Å². The van der Waals surface area contributed by atoms with Gasteiger partial charge in [0.2, 0.25) is 0 Å². The molecule has 1 fully saturated rings. The Kier molecular flexibility index (Phi) is 4.80. The van der Waals surface area contributed by atoms with Crippen molar-refractivity contribution in [3.8, 4) is 0 Å². The van der Waals surface area contributed by atoms with Crippen LogP contribution in [0.4, 0.5) is 0 Å². The molecule has 1 aliphatic heterocycles. The molecule has 0 spiro atoms. The first-order valence-electron chi connectivity index (χ1n) is 5.38. The van der Waals surface area contributed by atoms with E-state index in [1.54, 1.807) is 6.20 Å². The number of rotatable bonds is 1. The smallest absolute Gasteiger partial charge is 0.137 e. The second-order valence-electron chi connectivity index (χ2n) is 4.20. The van der Waals surface area contributed by atoms with E-state index in [0.717, 1.165) is 16.7 Å². The largest absolute Gasteiger partial charge is 0.459 e. The number of furan rings is 1. The van der Waals surface area contributed by atoms with Crippen LogP contribution in [0, 0.1) is 0 Å². The fourth-order valence-electron chi connectivity index (χ4n) is 2.34. The van der Waals surface area contributed by atoms with Crippen molar-refractivity contribution >= 4 is 35.8 Å². The molecule has 0 aliphatic carbocycles. The summed E-state index contributed by atoms with van der Waals surface area (Å²) in [5.74, 6) is 1.08. The first kappa shape index (κ1) is 14.3. The average Bonchev–Trinajstić information content (AvgIpc) is 2.82. The van der Waals surface area contributed by atoms with Gasteiger partial charge in [0.05, 0.1) is 6.04 Å². The van der Waals surface area contributed by atoms with E-state index in [1.807, 2.05) is 12.3 Å². The van der Waals surface area contributed by atoms with Crippen molar-refractivity contribution in [2.24, 2.45) is 0 Å². The summed E-state index contributed by atoms with van der Waals surface area (Å²) in [6, 6.07) is 4.50. The van der Waals surface area contributed by atoms with Crippen LogP contribution >= 0.6 is 24.8 Å². The topological polar surface area (TPSA) is 29.3 Å². The predicted octanol–water partition coefficient (Wildman–Crippen LogP) is 3.44.